The van der Waals surface area contributed by atoms with Crippen molar-refractivity contribution in [2.45, 2.75) is 11.5 Å². The van der Waals surface area contributed by atoms with E-state index in [4.69, 9.17) is 5.84 Å². The quantitative estimate of drug-likeness (QED) is 0.170. The number of hydrogen-bond donors (Lipinski definition) is 3. The van der Waals surface area contributed by atoms with Gasteiger partial charge in [-0.05, 0) is 5.56 Å². The molecule has 2 aromatic rings. The molecule has 2 rings (SSSR count). The van der Waals surface area contributed by atoms with E-state index in [2.05, 4.69) is 25.1 Å². The van der Waals surface area contributed by atoms with Crippen LogP contribution < -0.4 is 16.0 Å². The van der Waals surface area contributed by atoms with Crippen molar-refractivity contribution in [3.8, 4) is 0 Å². The van der Waals surface area contributed by atoms with Gasteiger partial charge in [0.15, 0.2) is 0 Å². The average Bonchev–Trinajstić information content (AvgIpc) is 3.07. The monoisotopic (exact) mass is 412 g/mol. The fraction of sp³-hybridized carbons (Fsp3) is 0.267. The molecular weight excluding hydrogens is 392 g/mol. The molecule has 0 saturated carbocycles. The predicted molar refractivity (Wildman–Crippen MR) is 109 cm³/mol. The second kappa shape index (κ2) is 10.9. The van der Waals surface area contributed by atoms with E-state index in [0.717, 1.165) is 22.8 Å². The number of hydrazine groups is 1. The zero-order valence-corrected chi connectivity index (χ0v) is 16.4. The normalized spacial score (nSPS) is 12.0. The van der Waals surface area contributed by atoms with Crippen molar-refractivity contribution in [3.05, 3.63) is 47.0 Å². The number of sulfonamides is 1. The minimum Gasteiger partial charge on any atom is -0.315 e. The second-order valence-electron chi connectivity index (χ2n) is 5.00. The van der Waals surface area contributed by atoms with Gasteiger partial charge in [-0.15, -0.1) is 11.3 Å². The highest BCUT2D eigenvalue weighted by Gasteiger charge is 2.08. The Labute approximate surface area is 161 Å². The summed E-state index contributed by atoms with van der Waals surface area (Å²) < 4.78 is 26.2. The summed E-state index contributed by atoms with van der Waals surface area (Å²) in [7, 11) is -3.42. The third-order valence-electron chi connectivity index (χ3n) is 2.93. The van der Waals surface area contributed by atoms with Crippen molar-refractivity contribution in [3.63, 3.8) is 0 Å². The summed E-state index contributed by atoms with van der Waals surface area (Å²) >= 11 is 3.11. The fourth-order valence-electron chi connectivity index (χ4n) is 1.83. The molecule has 0 spiro atoms. The molecule has 0 aliphatic heterocycles. The first-order valence-electron chi connectivity index (χ1n) is 7.62. The molecule has 0 unspecified atom stereocenters. The molecule has 1 aromatic carbocycles. The Morgan fingerprint density at radius 1 is 1.27 bits per heavy atom. The van der Waals surface area contributed by atoms with Crippen LogP contribution in [0.1, 0.15) is 11.3 Å². The standard InChI is InChI=1S/C15H20N6O2S3/c16-19-12-18-15-21-14(9-25-15)8-24-7-6-17-11-20-26(22,23)10-13-4-2-1-3-5-13/h1-5,9,11-12H,6-8,10,16H2,(H,17,20)(H,18,19,21). The number of rotatable bonds is 11. The molecule has 11 heteroatoms. The predicted octanol–water partition coefficient (Wildman–Crippen LogP) is 1.65. The number of aromatic nitrogens is 1. The van der Waals surface area contributed by atoms with Crippen molar-refractivity contribution in [1.82, 2.24) is 15.1 Å². The van der Waals surface area contributed by atoms with Crippen molar-refractivity contribution < 1.29 is 8.42 Å². The molecule has 0 aliphatic carbocycles. The zero-order chi connectivity index (χ0) is 18.7. The summed E-state index contributed by atoms with van der Waals surface area (Å²) in [6, 6.07) is 9.01. The first kappa shape index (κ1) is 20.4. The summed E-state index contributed by atoms with van der Waals surface area (Å²) in [5.74, 6) is 6.55. The van der Waals surface area contributed by atoms with Crippen LogP contribution in [-0.2, 0) is 21.5 Å². The number of nitrogens with one attached hydrogen (secondary N) is 2. The Morgan fingerprint density at radius 3 is 2.85 bits per heavy atom. The van der Waals surface area contributed by atoms with Crippen LogP contribution in [0.3, 0.4) is 0 Å². The van der Waals surface area contributed by atoms with Crippen molar-refractivity contribution >= 4 is 50.9 Å². The molecule has 0 saturated heterocycles. The number of nitrogens with two attached hydrogens (primary N) is 1. The molecule has 0 fully saturated rings. The van der Waals surface area contributed by atoms with Gasteiger partial charge < -0.3 is 5.43 Å². The van der Waals surface area contributed by atoms with Crippen LogP contribution in [0.2, 0.25) is 0 Å². The number of hydrogen-bond acceptors (Lipinski definition) is 8. The van der Waals surface area contributed by atoms with Crippen LogP contribution in [0.15, 0.2) is 45.7 Å². The molecule has 1 aromatic heterocycles. The van der Waals surface area contributed by atoms with E-state index >= 15 is 0 Å². The summed E-state index contributed by atoms with van der Waals surface area (Å²) in [4.78, 5) is 12.4. The van der Waals surface area contributed by atoms with E-state index in [1.165, 1.54) is 24.0 Å². The highest BCUT2D eigenvalue weighted by Crippen LogP contribution is 2.21. The summed E-state index contributed by atoms with van der Waals surface area (Å²) in [5.41, 5.74) is 4.00. The van der Waals surface area contributed by atoms with Crippen LogP contribution in [-0.4, -0.2) is 38.4 Å². The van der Waals surface area contributed by atoms with Gasteiger partial charge in [0.1, 0.15) is 6.34 Å². The molecule has 0 amide bonds. The molecule has 4 N–H and O–H groups in total. The van der Waals surface area contributed by atoms with Crippen LogP contribution in [0.25, 0.3) is 0 Å². The molecule has 140 valence electrons. The molecule has 8 nitrogen and oxygen atoms in total. The third-order valence-corrected chi connectivity index (χ3v) is 5.87. The van der Waals surface area contributed by atoms with Gasteiger partial charge >= 0.3 is 0 Å². The molecule has 1 heterocycles. The largest absolute Gasteiger partial charge is 0.315 e. The van der Waals surface area contributed by atoms with Crippen molar-refractivity contribution in [2.75, 3.05) is 12.3 Å². The van der Waals surface area contributed by atoms with Gasteiger partial charge in [-0.1, -0.05) is 30.3 Å². The van der Waals surface area contributed by atoms with Crippen LogP contribution in [0.4, 0.5) is 5.13 Å². The van der Waals surface area contributed by atoms with E-state index in [9.17, 15) is 8.42 Å². The summed E-state index contributed by atoms with van der Waals surface area (Å²) in [6.45, 7) is 0.519. The SMILES string of the molecule is NNC=Nc1nc(CSCCN=CNS(=O)(=O)Cc2ccccc2)cs1. The third kappa shape index (κ3) is 7.95. The van der Waals surface area contributed by atoms with Gasteiger partial charge in [0.05, 0.1) is 17.8 Å². The lowest BCUT2D eigenvalue weighted by atomic mass is 10.2. The zero-order valence-electron chi connectivity index (χ0n) is 13.9. The highest BCUT2D eigenvalue weighted by molar-refractivity contribution is 7.98. The topological polar surface area (TPSA) is 122 Å². The molecule has 0 bridgehead atoms. The Bertz CT molecular complexity index is 821. The fourth-order valence-corrected chi connectivity index (χ4v) is 4.28. The average molecular weight is 413 g/mol. The van der Waals surface area contributed by atoms with Gasteiger partial charge in [0.2, 0.25) is 15.2 Å². The Hall–Kier alpha value is -1.95. The lowest BCUT2D eigenvalue weighted by Gasteiger charge is -2.03. The van der Waals surface area contributed by atoms with Crippen LogP contribution in [0.5, 0.6) is 0 Å². The van der Waals surface area contributed by atoms with Gasteiger partial charge in [0, 0.05) is 23.4 Å². The minimum atomic E-state index is -3.42. The maximum absolute atomic E-state index is 11.9. The lowest BCUT2D eigenvalue weighted by molar-refractivity contribution is 0.592. The number of thiazole rings is 1. The van der Waals surface area contributed by atoms with E-state index in [1.807, 2.05) is 23.6 Å². The summed E-state index contributed by atoms with van der Waals surface area (Å²) in [6.07, 6.45) is 2.62. The first-order valence-corrected chi connectivity index (χ1v) is 11.3. The number of thioether (sulfide) groups is 1. The smallest absolute Gasteiger partial charge is 0.237 e. The van der Waals surface area contributed by atoms with E-state index < -0.39 is 10.0 Å². The van der Waals surface area contributed by atoms with E-state index in [-0.39, 0.29) is 5.75 Å². The Kier molecular flexibility index (Phi) is 8.54. The summed E-state index contributed by atoms with van der Waals surface area (Å²) in [5, 5.41) is 2.58. The first-order chi connectivity index (χ1) is 12.6. The molecule has 26 heavy (non-hydrogen) atoms. The van der Waals surface area contributed by atoms with Gasteiger partial charge in [0.25, 0.3) is 0 Å². The van der Waals surface area contributed by atoms with E-state index in [1.54, 1.807) is 23.9 Å². The van der Waals surface area contributed by atoms with Gasteiger partial charge in [-0.2, -0.15) is 11.8 Å². The van der Waals surface area contributed by atoms with Crippen LogP contribution in [0, 0.1) is 0 Å². The van der Waals surface area contributed by atoms with Crippen LogP contribution >= 0.6 is 23.1 Å². The minimum absolute atomic E-state index is 0.0665. The number of nitrogens with zero attached hydrogens (tertiary/aromatic N) is 3. The van der Waals surface area contributed by atoms with Crippen molar-refractivity contribution in [1.29, 1.82) is 0 Å². The molecular formula is C15H20N6O2S3. The Balaban J connectivity index is 1.63. The number of benzene rings is 1. The molecule has 0 radical (unpaired) electrons. The van der Waals surface area contributed by atoms with Gasteiger partial charge in [-0.25, -0.2) is 24.2 Å². The van der Waals surface area contributed by atoms with E-state index in [0.29, 0.717) is 11.7 Å². The Morgan fingerprint density at radius 2 is 2.08 bits per heavy atom. The van der Waals surface area contributed by atoms with Crippen molar-refractivity contribution in [2.24, 2.45) is 15.8 Å². The maximum Gasteiger partial charge on any atom is 0.237 e. The molecule has 0 aliphatic rings. The van der Waals surface area contributed by atoms with Gasteiger partial charge in [-0.3, -0.25) is 9.71 Å². The highest BCUT2D eigenvalue weighted by atomic mass is 32.2. The molecule has 0 atom stereocenters. The maximum atomic E-state index is 11.9. The second-order valence-corrected chi connectivity index (χ2v) is 8.69. The lowest BCUT2D eigenvalue weighted by Crippen LogP contribution is -2.23. The number of aliphatic imine (C=N–C) groups is 2.